The third kappa shape index (κ3) is 14.2. The lowest BCUT2D eigenvalue weighted by atomic mass is 10.0. The molecular formula is C30H49N3O7. The van der Waals surface area contributed by atoms with Crippen molar-refractivity contribution in [2.75, 3.05) is 39.5 Å². The Morgan fingerprint density at radius 3 is 2.20 bits per heavy atom. The smallest absolute Gasteiger partial charge is 0.253 e. The Balaban J connectivity index is 1.50. The van der Waals surface area contributed by atoms with Gasteiger partial charge in [-0.15, -0.1) is 0 Å². The molecule has 0 bridgehead atoms. The van der Waals surface area contributed by atoms with Gasteiger partial charge in [-0.2, -0.15) is 0 Å². The highest BCUT2D eigenvalue weighted by molar-refractivity contribution is 6.13. The highest BCUT2D eigenvalue weighted by Crippen LogP contribution is 2.20. The zero-order valence-electron chi connectivity index (χ0n) is 24.9. The molecule has 0 spiro atoms. The lowest BCUT2D eigenvalue weighted by Crippen LogP contribution is -2.35. The van der Waals surface area contributed by atoms with Crippen molar-refractivity contribution in [3.8, 4) is 0 Å². The molecule has 0 aromatic heterocycles. The predicted octanol–water partition coefficient (Wildman–Crippen LogP) is 3.55. The second-order valence-electron chi connectivity index (χ2n) is 11.6. The molecule has 1 heterocycles. The van der Waals surface area contributed by atoms with E-state index in [0.717, 1.165) is 29.9 Å². The molecule has 226 valence electrons. The lowest BCUT2D eigenvalue weighted by molar-refractivity contribution is -0.137. The number of ether oxygens (including phenoxy) is 3. The zero-order valence-corrected chi connectivity index (χ0v) is 24.9. The van der Waals surface area contributed by atoms with Crippen LogP contribution in [0, 0.1) is 0 Å². The fraction of sp³-hybridized carbons (Fsp3) is 0.733. The first-order valence-electron chi connectivity index (χ1n) is 14.6. The van der Waals surface area contributed by atoms with E-state index in [9.17, 15) is 19.2 Å². The monoisotopic (exact) mass is 563 g/mol. The van der Waals surface area contributed by atoms with E-state index in [1.807, 2.05) is 27.7 Å². The van der Waals surface area contributed by atoms with E-state index < -0.39 is 5.60 Å². The summed E-state index contributed by atoms with van der Waals surface area (Å²) in [6.45, 7) is 10.2. The van der Waals surface area contributed by atoms with Crippen LogP contribution >= 0.6 is 0 Å². The van der Waals surface area contributed by atoms with Crippen LogP contribution in [0.1, 0.15) is 91.9 Å². The van der Waals surface area contributed by atoms with Gasteiger partial charge in [0.2, 0.25) is 11.8 Å². The molecular weight excluding hydrogens is 514 g/mol. The van der Waals surface area contributed by atoms with E-state index in [0.29, 0.717) is 52.2 Å². The van der Waals surface area contributed by atoms with Gasteiger partial charge >= 0.3 is 0 Å². The summed E-state index contributed by atoms with van der Waals surface area (Å²) in [4.78, 5) is 48.3. The zero-order chi connectivity index (χ0) is 29.4. The van der Waals surface area contributed by atoms with Gasteiger partial charge in [0.25, 0.3) is 11.8 Å². The van der Waals surface area contributed by atoms with Crippen molar-refractivity contribution in [3.63, 3.8) is 0 Å². The van der Waals surface area contributed by atoms with Crippen molar-refractivity contribution in [1.82, 2.24) is 15.5 Å². The first-order chi connectivity index (χ1) is 19.0. The van der Waals surface area contributed by atoms with Crippen LogP contribution < -0.4 is 10.6 Å². The Hall–Kier alpha value is -2.56. The Morgan fingerprint density at radius 1 is 0.825 bits per heavy atom. The maximum absolute atomic E-state index is 12.3. The van der Waals surface area contributed by atoms with E-state index in [2.05, 4.69) is 16.7 Å². The molecule has 2 aliphatic rings. The van der Waals surface area contributed by atoms with Crippen LogP contribution in [-0.2, 0) is 33.4 Å². The number of carbonyl (C=O) groups excluding carboxylic acids is 4. The fourth-order valence-corrected chi connectivity index (χ4v) is 4.32. The predicted molar refractivity (Wildman–Crippen MR) is 152 cm³/mol. The minimum atomic E-state index is -0.406. The Morgan fingerprint density at radius 2 is 1.48 bits per heavy atom. The molecule has 4 amide bonds. The van der Waals surface area contributed by atoms with Crippen molar-refractivity contribution >= 4 is 23.6 Å². The first kappa shape index (κ1) is 33.6. The second-order valence-corrected chi connectivity index (χ2v) is 11.6. The molecule has 2 rings (SSSR count). The summed E-state index contributed by atoms with van der Waals surface area (Å²) in [5, 5.41) is 5.78. The number of hydrogen-bond donors (Lipinski definition) is 2. The molecule has 0 aromatic carbocycles. The third-order valence-electron chi connectivity index (χ3n) is 6.99. The quantitative estimate of drug-likeness (QED) is 0.193. The molecule has 2 N–H and O–H groups in total. The molecule has 0 fully saturated rings. The third-order valence-corrected chi connectivity index (χ3v) is 6.99. The number of carbonyl (C=O) groups is 4. The summed E-state index contributed by atoms with van der Waals surface area (Å²) in [6, 6.07) is 0. The summed E-state index contributed by atoms with van der Waals surface area (Å²) < 4.78 is 17.7. The number of nitrogens with one attached hydrogen (secondary N) is 2. The summed E-state index contributed by atoms with van der Waals surface area (Å²) in [5.74, 6) is -1.01. The SMILES string of the molecule is CC(C)(CCOCCNC(=O)CCN1C(=O)C=CC1=O)OCCC(C)(C)OCCC(=O)N/C1=C/CCCCCC1. The van der Waals surface area contributed by atoms with Crippen LogP contribution in [0.2, 0.25) is 0 Å². The van der Waals surface area contributed by atoms with Crippen molar-refractivity contribution in [2.45, 2.75) is 103 Å². The number of nitrogens with zero attached hydrogens (tertiary/aromatic N) is 1. The standard InChI is InChI=1S/C30H49N3O7/c1-29(2,16-21-38-23-18-31-25(34)14-19-33-27(36)12-13-28(33)37)40-22-17-30(3,4)39-20-15-26(35)32-24-10-8-6-5-7-9-11-24/h10,12-13H,5-9,11,14-23H2,1-4H3,(H,31,34)(H,32,35)/b24-10+. The number of amides is 4. The van der Waals surface area contributed by atoms with Gasteiger partial charge in [0, 0.05) is 44.0 Å². The molecule has 0 saturated heterocycles. The highest BCUT2D eigenvalue weighted by atomic mass is 16.5. The maximum atomic E-state index is 12.3. The largest absolute Gasteiger partial charge is 0.380 e. The summed E-state index contributed by atoms with van der Waals surface area (Å²) >= 11 is 0. The Bertz CT molecular complexity index is 893. The molecule has 10 heteroatoms. The van der Waals surface area contributed by atoms with Gasteiger partial charge in [-0.05, 0) is 66.2 Å². The molecule has 40 heavy (non-hydrogen) atoms. The molecule has 0 saturated carbocycles. The van der Waals surface area contributed by atoms with Gasteiger partial charge in [-0.3, -0.25) is 24.1 Å². The molecule has 0 radical (unpaired) electrons. The lowest BCUT2D eigenvalue weighted by Gasteiger charge is -2.29. The fourth-order valence-electron chi connectivity index (χ4n) is 4.32. The van der Waals surface area contributed by atoms with Crippen LogP contribution in [0.5, 0.6) is 0 Å². The van der Waals surface area contributed by atoms with Gasteiger partial charge < -0.3 is 24.8 Å². The van der Waals surface area contributed by atoms with Gasteiger partial charge in [0.1, 0.15) is 0 Å². The van der Waals surface area contributed by atoms with Crippen molar-refractivity contribution in [3.05, 3.63) is 23.9 Å². The van der Waals surface area contributed by atoms with Gasteiger partial charge in [-0.25, -0.2) is 0 Å². The van der Waals surface area contributed by atoms with Crippen molar-refractivity contribution in [2.24, 2.45) is 0 Å². The Kier molecular flexibility index (Phi) is 14.5. The molecule has 1 aliphatic heterocycles. The topological polar surface area (TPSA) is 123 Å². The first-order valence-corrected chi connectivity index (χ1v) is 14.6. The minimum Gasteiger partial charge on any atom is -0.380 e. The van der Waals surface area contributed by atoms with E-state index in [1.54, 1.807) is 0 Å². The van der Waals surface area contributed by atoms with Gasteiger partial charge in [-0.1, -0.05) is 18.9 Å². The number of hydrogen-bond acceptors (Lipinski definition) is 7. The highest BCUT2D eigenvalue weighted by Gasteiger charge is 2.24. The number of allylic oxidation sites excluding steroid dienone is 2. The summed E-state index contributed by atoms with van der Waals surface area (Å²) in [7, 11) is 0. The van der Waals surface area contributed by atoms with Gasteiger partial charge in [0.15, 0.2) is 0 Å². The minimum absolute atomic E-state index is 0.00665. The molecule has 1 aliphatic carbocycles. The molecule has 0 aromatic rings. The van der Waals surface area contributed by atoms with E-state index in [4.69, 9.17) is 14.2 Å². The van der Waals surface area contributed by atoms with Gasteiger partial charge in [0.05, 0.1) is 37.4 Å². The second kappa shape index (κ2) is 17.3. The number of rotatable bonds is 18. The van der Waals surface area contributed by atoms with E-state index in [1.165, 1.54) is 31.4 Å². The van der Waals surface area contributed by atoms with E-state index in [-0.39, 0.29) is 42.2 Å². The van der Waals surface area contributed by atoms with Crippen molar-refractivity contribution < 1.29 is 33.4 Å². The molecule has 0 atom stereocenters. The van der Waals surface area contributed by atoms with Crippen molar-refractivity contribution in [1.29, 1.82) is 0 Å². The average molecular weight is 564 g/mol. The Labute approximate surface area is 239 Å². The average Bonchev–Trinajstić information content (AvgIpc) is 3.18. The number of imide groups is 1. The van der Waals surface area contributed by atoms with Crippen LogP contribution in [0.15, 0.2) is 23.9 Å². The molecule has 10 nitrogen and oxygen atoms in total. The van der Waals surface area contributed by atoms with Crippen LogP contribution in [0.3, 0.4) is 0 Å². The maximum Gasteiger partial charge on any atom is 0.253 e. The van der Waals surface area contributed by atoms with Crippen LogP contribution in [-0.4, -0.2) is 79.2 Å². The molecule has 0 unspecified atom stereocenters. The van der Waals surface area contributed by atoms with E-state index >= 15 is 0 Å². The summed E-state index contributed by atoms with van der Waals surface area (Å²) in [5.41, 5.74) is 0.265. The normalized spacial score (nSPS) is 17.8. The van der Waals surface area contributed by atoms with Crippen LogP contribution in [0.4, 0.5) is 0 Å². The van der Waals surface area contributed by atoms with Crippen LogP contribution in [0.25, 0.3) is 0 Å². The summed E-state index contributed by atoms with van der Waals surface area (Å²) in [6.07, 6.45) is 13.1.